The molecule has 3 aromatic rings. The Morgan fingerprint density at radius 2 is 1.71 bits per heavy atom. The van der Waals surface area contributed by atoms with Crippen molar-refractivity contribution in [3.05, 3.63) is 89.7 Å². The number of hydrogen-bond acceptors (Lipinski definition) is 4. The topological polar surface area (TPSA) is 82.1 Å². The fourth-order valence-corrected chi connectivity index (χ4v) is 4.66. The number of likely N-dealkylation sites (N-methyl/N-ethyl adjacent to an activating group) is 1. The van der Waals surface area contributed by atoms with E-state index in [0.29, 0.717) is 24.4 Å². The maximum Gasteiger partial charge on any atom is 0.321 e. The molecular weight excluding hydrogens is 485 g/mol. The summed E-state index contributed by atoms with van der Waals surface area (Å²) in [6.07, 6.45) is -0.408. The molecule has 0 unspecified atom stereocenters. The highest BCUT2D eigenvalue weighted by atomic mass is 19.1. The van der Waals surface area contributed by atoms with Crippen LogP contribution in [-0.4, -0.2) is 65.7 Å². The number of benzene rings is 3. The molecule has 0 spiro atoms. The Bertz CT molecular complexity index is 1270. The zero-order valence-corrected chi connectivity index (χ0v) is 21.9. The van der Waals surface area contributed by atoms with Gasteiger partial charge in [-0.1, -0.05) is 49.4 Å². The van der Waals surface area contributed by atoms with Gasteiger partial charge in [-0.3, -0.25) is 4.79 Å². The van der Waals surface area contributed by atoms with Gasteiger partial charge in [-0.25, -0.2) is 9.18 Å². The highest BCUT2D eigenvalue weighted by Gasteiger charge is 2.31. The van der Waals surface area contributed by atoms with Gasteiger partial charge in [-0.05, 0) is 53.9 Å². The molecule has 0 aliphatic carbocycles. The van der Waals surface area contributed by atoms with Gasteiger partial charge >= 0.3 is 6.03 Å². The van der Waals surface area contributed by atoms with E-state index in [9.17, 15) is 19.1 Å². The predicted molar refractivity (Wildman–Crippen MR) is 145 cm³/mol. The molecule has 1 heterocycles. The molecule has 200 valence electrons. The van der Waals surface area contributed by atoms with E-state index < -0.39 is 12.1 Å². The molecule has 3 atom stereocenters. The van der Waals surface area contributed by atoms with Crippen LogP contribution >= 0.6 is 0 Å². The van der Waals surface area contributed by atoms with Gasteiger partial charge in [0.1, 0.15) is 5.82 Å². The largest absolute Gasteiger partial charge is 0.394 e. The Morgan fingerprint density at radius 1 is 1.08 bits per heavy atom. The SMILES string of the molecule is C[C@@H]1CN([C@@H](C)CO)C(=O)c2ccccc2-c2ccccc2CO[C@@H]1CN(C)C(=O)Nc1ccc(F)cc1. The van der Waals surface area contributed by atoms with Crippen LogP contribution in [0.15, 0.2) is 72.8 Å². The molecule has 3 amide bonds. The number of fused-ring (bicyclic) bond motifs is 3. The Morgan fingerprint density at radius 3 is 2.39 bits per heavy atom. The molecule has 1 aliphatic rings. The van der Waals surface area contributed by atoms with E-state index in [1.54, 1.807) is 11.9 Å². The number of urea groups is 1. The molecule has 2 N–H and O–H groups in total. The number of anilines is 1. The summed E-state index contributed by atoms with van der Waals surface area (Å²) >= 11 is 0. The van der Waals surface area contributed by atoms with Gasteiger partial charge in [-0.2, -0.15) is 0 Å². The summed E-state index contributed by atoms with van der Waals surface area (Å²) in [5, 5.41) is 12.7. The first-order valence-corrected chi connectivity index (χ1v) is 12.8. The van der Waals surface area contributed by atoms with Crippen molar-refractivity contribution in [3.63, 3.8) is 0 Å². The molecule has 0 bridgehead atoms. The zero-order valence-electron chi connectivity index (χ0n) is 21.9. The number of nitrogens with one attached hydrogen (secondary N) is 1. The van der Waals surface area contributed by atoms with E-state index in [-0.39, 0.29) is 36.8 Å². The van der Waals surface area contributed by atoms with Crippen LogP contribution in [0, 0.1) is 11.7 Å². The normalized spacial score (nSPS) is 18.6. The number of nitrogens with zero attached hydrogens (tertiary/aromatic N) is 2. The number of hydrogen-bond donors (Lipinski definition) is 2. The van der Waals surface area contributed by atoms with E-state index in [1.807, 2.05) is 62.4 Å². The maximum atomic E-state index is 13.9. The molecule has 3 aromatic carbocycles. The number of rotatable bonds is 5. The van der Waals surface area contributed by atoms with Crippen LogP contribution in [-0.2, 0) is 11.3 Å². The molecule has 4 rings (SSSR count). The van der Waals surface area contributed by atoms with Crippen LogP contribution in [0.4, 0.5) is 14.9 Å². The monoisotopic (exact) mass is 519 g/mol. The second kappa shape index (κ2) is 12.2. The lowest BCUT2D eigenvalue weighted by Crippen LogP contribution is -2.48. The Kier molecular flexibility index (Phi) is 8.76. The second-order valence-electron chi connectivity index (χ2n) is 9.84. The standard InChI is InChI=1S/C30H34FN3O4/c1-20-16-34(21(2)18-35)29(36)27-11-7-6-10-26(27)25-9-5-4-8-22(25)19-38-28(20)17-33(3)30(37)32-24-14-12-23(31)13-15-24/h4-15,20-21,28,35H,16-19H2,1-3H3,(H,32,37)/t20-,21+,28-/m1/s1. The average Bonchev–Trinajstić information content (AvgIpc) is 2.95. The summed E-state index contributed by atoms with van der Waals surface area (Å²) in [7, 11) is 1.67. The molecule has 0 fully saturated rings. The first kappa shape index (κ1) is 27.3. The molecule has 1 aliphatic heterocycles. The summed E-state index contributed by atoms with van der Waals surface area (Å²) in [4.78, 5) is 30.0. The van der Waals surface area contributed by atoms with E-state index in [1.165, 1.54) is 29.2 Å². The predicted octanol–water partition coefficient (Wildman–Crippen LogP) is 5.01. The Balaban J connectivity index is 1.64. The van der Waals surface area contributed by atoms with Gasteiger partial charge < -0.3 is 25.0 Å². The number of halogens is 1. The fourth-order valence-electron chi connectivity index (χ4n) is 4.66. The van der Waals surface area contributed by atoms with E-state index in [0.717, 1.165) is 16.7 Å². The number of carbonyl (C=O) groups excluding carboxylic acids is 2. The van der Waals surface area contributed by atoms with Crippen molar-refractivity contribution < 1.29 is 23.8 Å². The number of aliphatic hydroxyl groups is 1. The summed E-state index contributed by atoms with van der Waals surface area (Å²) < 4.78 is 19.7. The van der Waals surface area contributed by atoms with Crippen LogP contribution < -0.4 is 5.32 Å². The number of ether oxygens (including phenoxy) is 1. The Labute approximate surface area is 222 Å². The number of carbonyl (C=O) groups is 2. The van der Waals surface area contributed by atoms with Gasteiger partial charge in [0.05, 0.1) is 25.4 Å². The first-order chi connectivity index (χ1) is 18.3. The van der Waals surface area contributed by atoms with E-state index in [2.05, 4.69) is 5.32 Å². The summed E-state index contributed by atoms with van der Waals surface area (Å²) in [5.74, 6) is -0.701. The van der Waals surface area contributed by atoms with Crippen LogP contribution in [0.5, 0.6) is 0 Å². The maximum absolute atomic E-state index is 13.9. The smallest absolute Gasteiger partial charge is 0.321 e. The fraction of sp³-hybridized carbons (Fsp3) is 0.333. The van der Waals surface area contributed by atoms with Crippen LogP contribution in [0.1, 0.15) is 29.8 Å². The lowest BCUT2D eigenvalue weighted by molar-refractivity contribution is -0.0178. The quantitative estimate of drug-likeness (QED) is 0.496. The highest BCUT2D eigenvalue weighted by molar-refractivity contribution is 6.01. The average molecular weight is 520 g/mol. The van der Waals surface area contributed by atoms with Crippen LogP contribution in [0.25, 0.3) is 11.1 Å². The van der Waals surface area contributed by atoms with Crippen molar-refractivity contribution in [2.24, 2.45) is 5.92 Å². The highest BCUT2D eigenvalue weighted by Crippen LogP contribution is 2.31. The van der Waals surface area contributed by atoms with Gasteiger partial charge in [0.2, 0.25) is 0 Å². The van der Waals surface area contributed by atoms with Gasteiger partial charge in [0.25, 0.3) is 5.91 Å². The van der Waals surface area contributed by atoms with E-state index in [4.69, 9.17) is 4.74 Å². The number of amides is 3. The lowest BCUT2D eigenvalue weighted by atomic mass is 9.94. The summed E-state index contributed by atoms with van der Waals surface area (Å²) in [5.41, 5.74) is 3.71. The van der Waals surface area contributed by atoms with Crippen LogP contribution in [0.3, 0.4) is 0 Å². The minimum Gasteiger partial charge on any atom is -0.394 e. The molecule has 0 radical (unpaired) electrons. The number of aliphatic hydroxyl groups excluding tert-OH is 1. The Hall–Kier alpha value is -3.75. The molecule has 8 heteroatoms. The zero-order chi connectivity index (χ0) is 27.2. The minimum atomic E-state index is -0.408. The van der Waals surface area contributed by atoms with Gasteiger partial charge in [0.15, 0.2) is 0 Å². The lowest BCUT2D eigenvalue weighted by Gasteiger charge is -2.35. The molecule has 0 aromatic heterocycles. The van der Waals surface area contributed by atoms with Crippen molar-refractivity contribution in [1.29, 1.82) is 0 Å². The molecule has 7 nitrogen and oxygen atoms in total. The van der Waals surface area contributed by atoms with Gasteiger partial charge in [0, 0.05) is 37.3 Å². The summed E-state index contributed by atoms with van der Waals surface area (Å²) in [6.45, 7) is 4.52. The van der Waals surface area contributed by atoms with Crippen molar-refractivity contribution in [3.8, 4) is 11.1 Å². The van der Waals surface area contributed by atoms with Crippen molar-refractivity contribution in [2.45, 2.75) is 32.6 Å². The molecule has 0 saturated heterocycles. The molecule has 0 saturated carbocycles. The second-order valence-corrected chi connectivity index (χ2v) is 9.84. The minimum absolute atomic E-state index is 0.160. The van der Waals surface area contributed by atoms with Crippen LogP contribution in [0.2, 0.25) is 0 Å². The van der Waals surface area contributed by atoms with Crippen molar-refractivity contribution >= 4 is 17.6 Å². The van der Waals surface area contributed by atoms with Gasteiger partial charge in [-0.15, -0.1) is 0 Å². The third kappa shape index (κ3) is 6.20. The third-order valence-electron chi connectivity index (χ3n) is 6.99. The third-order valence-corrected chi connectivity index (χ3v) is 6.99. The molecular formula is C30H34FN3O4. The van der Waals surface area contributed by atoms with Crippen molar-refractivity contribution in [1.82, 2.24) is 9.80 Å². The van der Waals surface area contributed by atoms with E-state index >= 15 is 0 Å². The molecule has 38 heavy (non-hydrogen) atoms. The summed E-state index contributed by atoms with van der Waals surface area (Å²) in [6, 6.07) is 20.1. The first-order valence-electron chi connectivity index (χ1n) is 12.8. The van der Waals surface area contributed by atoms with Crippen molar-refractivity contribution in [2.75, 3.05) is 32.1 Å².